The number of rotatable bonds is 7. The van der Waals surface area contributed by atoms with Crippen molar-refractivity contribution in [3.05, 3.63) is 69.8 Å². The van der Waals surface area contributed by atoms with Crippen molar-refractivity contribution in [2.24, 2.45) is 5.92 Å². The summed E-state index contributed by atoms with van der Waals surface area (Å²) in [5.41, 5.74) is 0.706. The number of nitro groups is 1. The van der Waals surface area contributed by atoms with Gasteiger partial charge in [0.2, 0.25) is 0 Å². The van der Waals surface area contributed by atoms with Crippen LogP contribution in [-0.4, -0.2) is 17.4 Å². The molecule has 0 heterocycles. The smallest absolute Gasteiger partial charge is 0.282 e. The molecule has 6 heteroatoms. The molecule has 0 aliphatic heterocycles. The molecule has 2 aromatic rings. The monoisotopic (exact) mass is 326 g/mol. The summed E-state index contributed by atoms with van der Waals surface area (Å²) in [7, 11) is 0. The molecule has 1 amide bonds. The van der Waals surface area contributed by atoms with Gasteiger partial charge in [-0.15, -0.1) is 0 Å². The van der Waals surface area contributed by atoms with Crippen molar-refractivity contribution >= 4 is 11.6 Å². The first-order chi connectivity index (χ1) is 11.6. The van der Waals surface area contributed by atoms with E-state index >= 15 is 0 Å². The van der Waals surface area contributed by atoms with Gasteiger partial charge in [0, 0.05) is 18.2 Å². The Bertz CT molecular complexity index is 756. The third-order valence-corrected chi connectivity index (χ3v) is 3.93. The third kappa shape index (κ3) is 3.90. The zero-order chi connectivity index (χ0) is 16.9. The van der Waals surface area contributed by atoms with Gasteiger partial charge in [-0.25, -0.2) is 0 Å². The number of nitrogens with zero attached hydrogens (tertiary/aromatic N) is 1. The lowest BCUT2D eigenvalue weighted by Crippen LogP contribution is -2.24. The second-order valence-corrected chi connectivity index (χ2v) is 5.82. The van der Waals surface area contributed by atoms with Gasteiger partial charge >= 0.3 is 0 Å². The van der Waals surface area contributed by atoms with Crippen LogP contribution in [0.3, 0.4) is 0 Å². The van der Waals surface area contributed by atoms with Crippen LogP contribution in [0.15, 0.2) is 48.5 Å². The SMILES string of the molecule is O=C(NCc1ccccc1OCC1CC1)c1ccccc1[N+](=O)[O-]. The standard InChI is InChI=1S/C18H18N2O4/c21-18(15-6-2-3-7-16(15)20(22)23)19-11-14-5-1-4-8-17(14)24-12-13-9-10-13/h1-8,13H,9-12H2,(H,19,21). The largest absolute Gasteiger partial charge is 0.493 e. The average molecular weight is 326 g/mol. The normalized spacial score (nSPS) is 13.3. The Morgan fingerprint density at radius 2 is 1.88 bits per heavy atom. The van der Waals surface area contributed by atoms with Gasteiger partial charge in [0.05, 0.1) is 11.5 Å². The Morgan fingerprint density at radius 3 is 2.62 bits per heavy atom. The van der Waals surface area contributed by atoms with E-state index in [2.05, 4.69) is 5.32 Å². The lowest BCUT2D eigenvalue weighted by molar-refractivity contribution is -0.385. The fraction of sp³-hybridized carbons (Fsp3) is 0.278. The number of carbonyl (C=O) groups excluding carboxylic acids is 1. The summed E-state index contributed by atoms with van der Waals surface area (Å²) >= 11 is 0. The molecule has 0 spiro atoms. The lowest BCUT2D eigenvalue weighted by atomic mass is 10.1. The summed E-state index contributed by atoms with van der Waals surface area (Å²) in [5.74, 6) is 0.908. The Kier molecular flexibility index (Phi) is 4.74. The van der Waals surface area contributed by atoms with Gasteiger partial charge in [-0.1, -0.05) is 30.3 Å². The second-order valence-electron chi connectivity index (χ2n) is 5.82. The minimum Gasteiger partial charge on any atom is -0.493 e. The van der Waals surface area contributed by atoms with Crippen LogP contribution >= 0.6 is 0 Å². The number of ether oxygens (including phenoxy) is 1. The molecule has 0 saturated heterocycles. The molecule has 0 atom stereocenters. The maximum atomic E-state index is 12.3. The topological polar surface area (TPSA) is 81.5 Å². The number of nitrogens with one attached hydrogen (secondary N) is 1. The minimum atomic E-state index is -0.554. The highest BCUT2D eigenvalue weighted by atomic mass is 16.6. The van der Waals surface area contributed by atoms with Crippen molar-refractivity contribution in [1.29, 1.82) is 0 Å². The predicted molar refractivity (Wildman–Crippen MR) is 88.9 cm³/mol. The summed E-state index contributed by atoms with van der Waals surface area (Å²) in [5, 5.41) is 13.7. The number of carbonyl (C=O) groups is 1. The molecule has 0 aromatic heterocycles. The maximum Gasteiger partial charge on any atom is 0.282 e. The van der Waals surface area contributed by atoms with Gasteiger partial charge < -0.3 is 10.1 Å². The molecule has 1 aliphatic rings. The van der Waals surface area contributed by atoms with Crippen molar-refractivity contribution in [2.45, 2.75) is 19.4 Å². The van der Waals surface area contributed by atoms with Gasteiger partial charge in [0.1, 0.15) is 11.3 Å². The molecule has 1 N–H and O–H groups in total. The summed E-state index contributed by atoms with van der Waals surface area (Å²) < 4.78 is 5.80. The van der Waals surface area contributed by atoms with Crippen molar-refractivity contribution in [1.82, 2.24) is 5.32 Å². The molecule has 1 aliphatic carbocycles. The van der Waals surface area contributed by atoms with Crippen LogP contribution in [0.5, 0.6) is 5.75 Å². The summed E-state index contributed by atoms with van der Waals surface area (Å²) in [6.45, 7) is 0.945. The Balaban J connectivity index is 1.67. The van der Waals surface area contributed by atoms with Gasteiger partial charge in [0.25, 0.3) is 11.6 Å². The van der Waals surface area contributed by atoms with Gasteiger partial charge in [-0.2, -0.15) is 0 Å². The van der Waals surface area contributed by atoms with Gasteiger partial charge in [-0.05, 0) is 30.9 Å². The highest BCUT2D eigenvalue weighted by Crippen LogP contribution is 2.30. The molecule has 2 aromatic carbocycles. The van der Waals surface area contributed by atoms with Crippen LogP contribution in [0.2, 0.25) is 0 Å². The molecular formula is C18H18N2O4. The average Bonchev–Trinajstić information content (AvgIpc) is 3.43. The van der Waals surface area contributed by atoms with Crippen molar-refractivity contribution in [3.8, 4) is 5.75 Å². The van der Waals surface area contributed by atoms with Crippen LogP contribution < -0.4 is 10.1 Å². The summed E-state index contributed by atoms with van der Waals surface area (Å²) in [4.78, 5) is 22.7. The quantitative estimate of drug-likeness (QED) is 0.625. The van der Waals surface area contributed by atoms with Crippen molar-refractivity contribution in [3.63, 3.8) is 0 Å². The predicted octanol–water partition coefficient (Wildman–Crippen LogP) is 3.31. The van der Waals surface area contributed by atoms with Crippen LogP contribution in [-0.2, 0) is 6.54 Å². The number of para-hydroxylation sites is 2. The fourth-order valence-corrected chi connectivity index (χ4v) is 2.38. The first-order valence-electron chi connectivity index (χ1n) is 7.87. The van der Waals surface area contributed by atoms with Crippen LogP contribution in [0, 0.1) is 16.0 Å². The van der Waals surface area contributed by atoms with Gasteiger partial charge in [0.15, 0.2) is 0 Å². The Labute approximate surface area is 139 Å². The van der Waals surface area contributed by atoms with Crippen molar-refractivity contribution in [2.75, 3.05) is 6.61 Å². The molecule has 6 nitrogen and oxygen atoms in total. The van der Waals surface area contributed by atoms with E-state index in [1.54, 1.807) is 6.07 Å². The molecule has 0 unspecified atom stereocenters. The van der Waals surface area contributed by atoms with Crippen LogP contribution in [0.4, 0.5) is 5.69 Å². The highest BCUT2D eigenvalue weighted by Gasteiger charge is 2.22. The fourth-order valence-electron chi connectivity index (χ4n) is 2.38. The zero-order valence-electron chi connectivity index (χ0n) is 13.1. The highest BCUT2D eigenvalue weighted by molar-refractivity contribution is 5.98. The third-order valence-electron chi connectivity index (χ3n) is 3.93. The Hall–Kier alpha value is -2.89. The molecule has 24 heavy (non-hydrogen) atoms. The van der Waals surface area contributed by atoms with E-state index in [9.17, 15) is 14.9 Å². The minimum absolute atomic E-state index is 0.0545. The number of nitro benzene ring substituents is 1. The lowest BCUT2D eigenvalue weighted by Gasteiger charge is -2.12. The first-order valence-corrected chi connectivity index (χ1v) is 7.87. The van der Waals surface area contributed by atoms with Crippen molar-refractivity contribution < 1.29 is 14.5 Å². The molecule has 124 valence electrons. The number of hydrogen-bond donors (Lipinski definition) is 1. The molecule has 0 bridgehead atoms. The number of amides is 1. The summed E-state index contributed by atoms with van der Waals surface area (Å²) in [6, 6.07) is 13.4. The number of benzene rings is 2. The van der Waals surface area contributed by atoms with Gasteiger partial charge in [-0.3, -0.25) is 14.9 Å². The number of hydrogen-bond acceptors (Lipinski definition) is 4. The van der Waals surface area contributed by atoms with Crippen LogP contribution in [0.25, 0.3) is 0 Å². The zero-order valence-corrected chi connectivity index (χ0v) is 13.1. The van der Waals surface area contributed by atoms with E-state index in [0.717, 1.165) is 11.3 Å². The van der Waals surface area contributed by atoms with Crippen LogP contribution in [0.1, 0.15) is 28.8 Å². The molecule has 0 radical (unpaired) electrons. The summed E-state index contributed by atoms with van der Waals surface area (Å²) in [6.07, 6.45) is 2.41. The Morgan fingerprint density at radius 1 is 1.17 bits per heavy atom. The second kappa shape index (κ2) is 7.12. The molecule has 1 saturated carbocycles. The van der Waals surface area contributed by atoms with E-state index in [-0.39, 0.29) is 17.8 Å². The van der Waals surface area contributed by atoms with E-state index in [4.69, 9.17) is 4.74 Å². The van der Waals surface area contributed by atoms with E-state index < -0.39 is 10.8 Å². The van der Waals surface area contributed by atoms with E-state index in [1.165, 1.54) is 31.0 Å². The molecule has 1 fully saturated rings. The molecular weight excluding hydrogens is 308 g/mol. The molecule has 3 rings (SSSR count). The van der Waals surface area contributed by atoms with E-state index in [1.807, 2.05) is 24.3 Å². The first kappa shape index (κ1) is 16.0. The van der Waals surface area contributed by atoms with E-state index in [0.29, 0.717) is 12.5 Å². The maximum absolute atomic E-state index is 12.3.